The number of piperidine rings is 1. The normalized spacial score (nSPS) is 15.4. The maximum absolute atomic E-state index is 12.6. The van der Waals surface area contributed by atoms with Crippen LogP contribution in [0.15, 0.2) is 23.1 Å². The second-order valence-corrected chi connectivity index (χ2v) is 8.89. The van der Waals surface area contributed by atoms with Crippen molar-refractivity contribution < 1.29 is 27.9 Å². The fraction of sp³-hybridized carbons (Fsp3) is 0.500. The molecule has 8 nitrogen and oxygen atoms in total. The van der Waals surface area contributed by atoms with Crippen LogP contribution in [0.25, 0.3) is 0 Å². The smallest absolute Gasteiger partial charge is 0.306 e. The summed E-state index contributed by atoms with van der Waals surface area (Å²) < 4.78 is 23.7. The van der Waals surface area contributed by atoms with Crippen LogP contribution < -0.4 is 0 Å². The molecule has 1 aliphatic rings. The van der Waals surface area contributed by atoms with Gasteiger partial charge in [0, 0.05) is 32.0 Å². The van der Waals surface area contributed by atoms with Crippen molar-refractivity contribution in [2.75, 3.05) is 32.9 Å². The number of amides is 2. The largest absolute Gasteiger partial charge is 0.481 e. The molecule has 9 heteroatoms. The molecule has 148 valence electrons. The molecule has 1 aromatic rings. The molecule has 27 heavy (non-hydrogen) atoms. The molecule has 0 aromatic heterocycles. The van der Waals surface area contributed by atoms with Gasteiger partial charge in [-0.3, -0.25) is 14.4 Å². The molecule has 1 saturated heterocycles. The van der Waals surface area contributed by atoms with Gasteiger partial charge in [-0.1, -0.05) is 6.07 Å². The molecule has 0 unspecified atom stereocenters. The molecule has 1 N–H and O–H groups in total. The summed E-state index contributed by atoms with van der Waals surface area (Å²) in [6.07, 6.45) is 1.88. The monoisotopic (exact) mass is 396 g/mol. The van der Waals surface area contributed by atoms with E-state index in [1.165, 1.54) is 24.1 Å². The predicted molar refractivity (Wildman–Crippen MR) is 98.2 cm³/mol. The lowest BCUT2D eigenvalue weighted by Crippen LogP contribution is -2.45. The van der Waals surface area contributed by atoms with Gasteiger partial charge < -0.3 is 14.9 Å². The van der Waals surface area contributed by atoms with E-state index in [9.17, 15) is 22.8 Å². The summed E-state index contributed by atoms with van der Waals surface area (Å²) in [5.74, 6) is -2.00. The van der Waals surface area contributed by atoms with E-state index in [-0.39, 0.29) is 22.9 Å². The molecule has 0 aliphatic carbocycles. The molecule has 0 bridgehead atoms. The number of nitrogens with zero attached hydrogens (tertiary/aromatic N) is 2. The van der Waals surface area contributed by atoms with Gasteiger partial charge in [-0.05, 0) is 37.5 Å². The minimum absolute atomic E-state index is 0.0869. The predicted octanol–water partition coefficient (Wildman–Crippen LogP) is 0.794. The zero-order chi connectivity index (χ0) is 20.4. The van der Waals surface area contributed by atoms with Gasteiger partial charge in [0.2, 0.25) is 5.91 Å². The maximum Gasteiger partial charge on any atom is 0.306 e. The third kappa shape index (κ3) is 5.06. The number of sulfone groups is 1. The van der Waals surface area contributed by atoms with Gasteiger partial charge in [0.05, 0.1) is 17.4 Å². The third-order valence-corrected chi connectivity index (χ3v) is 5.99. The summed E-state index contributed by atoms with van der Waals surface area (Å²) in [6.45, 7) is 2.19. The van der Waals surface area contributed by atoms with Crippen LogP contribution in [-0.4, -0.2) is 74.0 Å². The van der Waals surface area contributed by atoms with Crippen molar-refractivity contribution in [3.05, 3.63) is 29.3 Å². The topological polar surface area (TPSA) is 112 Å². The Kier molecular flexibility index (Phi) is 6.25. The number of likely N-dealkylation sites (tertiary alicyclic amines) is 1. The average molecular weight is 396 g/mol. The molecule has 1 aliphatic heterocycles. The Hall–Kier alpha value is -2.42. The van der Waals surface area contributed by atoms with Gasteiger partial charge >= 0.3 is 5.97 Å². The summed E-state index contributed by atoms with van der Waals surface area (Å²) in [7, 11) is -1.99. The first kappa shape index (κ1) is 20.9. The minimum Gasteiger partial charge on any atom is -0.481 e. The number of rotatable bonds is 5. The van der Waals surface area contributed by atoms with Crippen LogP contribution >= 0.6 is 0 Å². The number of carboxylic acids is 1. The number of carboxylic acid groups (broad SMARTS) is 1. The van der Waals surface area contributed by atoms with Gasteiger partial charge in [-0.25, -0.2) is 8.42 Å². The fourth-order valence-electron chi connectivity index (χ4n) is 3.10. The van der Waals surface area contributed by atoms with Gasteiger partial charge in [-0.2, -0.15) is 0 Å². The second-order valence-electron chi connectivity index (χ2n) is 6.91. The highest BCUT2D eigenvalue weighted by atomic mass is 32.2. The third-order valence-electron chi connectivity index (χ3n) is 4.75. The number of likely N-dealkylation sites (N-methyl/N-ethyl adjacent to an activating group) is 1. The highest BCUT2D eigenvalue weighted by molar-refractivity contribution is 7.90. The van der Waals surface area contributed by atoms with E-state index in [2.05, 4.69) is 0 Å². The highest BCUT2D eigenvalue weighted by Crippen LogP contribution is 2.19. The highest BCUT2D eigenvalue weighted by Gasteiger charge is 2.28. The first-order chi connectivity index (χ1) is 12.5. The van der Waals surface area contributed by atoms with Crippen LogP contribution in [0, 0.1) is 12.8 Å². The second kappa shape index (κ2) is 8.08. The number of carbonyl (C=O) groups excluding carboxylic acids is 2. The summed E-state index contributed by atoms with van der Waals surface area (Å²) in [6, 6.07) is 4.42. The molecular formula is C18H24N2O6S. The van der Waals surface area contributed by atoms with Crippen molar-refractivity contribution in [2.24, 2.45) is 5.92 Å². The summed E-state index contributed by atoms with van der Waals surface area (Å²) in [4.78, 5) is 38.8. The van der Waals surface area contributed by atoms with Crippen molar-refractivity contribution in [3.63, 3.8) is 0 Å². The molecular weight excluding hydrogens is 372 g/mol. The van der Waals surface area contributed by atoms with Crippen LogP contribution in [0.2, 0.25) is 0 Å². The van der Waals surface area contributed by atoms with Crippen molar-refractivity contribution in [1.29, 1.82) is 0 Å². The molecule has 2 rings (SSSR count). The number of hydrogen-bond acceptors (Lipinski definition) is 5. The van der Waals surface area contributed by atoms with Crippen LogP contribution in [-0.2, 0) is 19.4 Å². The van der Waals surface area contributed by atoms with E-state index in [0.29, 0.717) is 31.5 Å². The Morgan fingerprint density at radius 2 is 1.81 bits per heavy atom. The van der Waals surface area contributed by atoms with E-state index in [1.807, 2.05) is 0 Å². The number of carbonyl (C=O) groups is 3. The molecule has 0 radical (unpaired) electrons. The molecule has 1 aromatic carbocycles. The van der Waals surface area contributed by atoms with Gasteiger partial charge in [-0.15, -0.1) is 0 Å². The standard InChI is InChI=1S/C18H24N2O6S/c1-12-4-5-14(10-15(12)27(3,25)26)17(22)19(2)11-16(21)20-8-6-13(7-9-20)18(23)24/h4-5,10,13H,6-9,11H2,1-3H3,(H,23,24). The molecule has 2 amide bonds. The van der Waals surface area contributed by atoms with Gasteiger partial charge in [0.15, 0.2) is 9.84 Å². The van der Waals surface area contributed by atoms with Crippen LogP contribution in [0.1, 0.15) is 28.8 Å². The quantitative estimate of drug-likeness (QED) is 0.788. The first-order valence-corrected chi connectivity index (χ1v) is 10.5. The van der Waals surface area contributed by atoms with Crippen molar-refractivity contribution in [1.82, 2.24) is 9.80 Å². The lowest BCUT2D eigenvalue weighted by atomic mass is 9.97. The van der Waals surface area contributed by atoms with Gasteiger partial charge in [0.25, 0.3) is 5.91 Å². The molecule has 1 heterocycles. The average Bonchev–Trinajstić information content (AvgIpc) is 2.60. The Morgan fingerprint density at radius 1 is 1.22 bits per heavy atom. The summed E-state index contributed by atoms with van der Waals surface area (Å²) in [5.41, 5.74) is 0.745. The molecule has 0 atom stereocenters. The first-order valence-electron chi connectivity index (χ1n) is 8.57. The maximum atomic E-state index is 12.6. The SMILES string of the molecule is Cc1ccc(C(=O)N(C)CC(=O)N2CCC(C(=O)O)CC2)cc1S(C)(=O)=O. The zero-order valence-corrected chi connectivity index (χ0v) is 16.5. The van der Waals surface area contributed by atoms with Crippen LogP contribution in [0.3, 0.4) is 0 Å². The molecule has 0 spiro atoms. The van der Waals surface area contributed by atoms with E-state index in [1.54, 1.807) is 17.9 Å². The zero-order valence-electron chi connectivity index (χ0n) is 15.6. The molecule has 0 saturated carbocycles. The number of benzene rings is 1. The van der Waals surface area contributed by atoms with Crippen molar-refractivity contribution in [2.45, 2.75) is 24.7 Å². The Labute approximate surface area is 158 Å². The number of aliphatic carboxylic acids is 1. The lowest BCUT2D eigenvalue weighted by molar-refractivity contribution is -0.145. The molecule has 1 fully saturated rings. The van der Waals surface area contributed by atoms with E-state index in [0.717, 1.165) is 6.26 Å². The fourth-order valence-corrected chi connectivity index (χ4v) is 4.10. The minimum atomic E-state index is -3.46. The Bertz CT molecular complexity index is 857. The van der Waals surface area contributed by atoms with Crippen molar-refractivity contribution in [3.8, 4) is 0 Å². The van der Waals surface area contributed by atoms with E-state index < -0.39 is 27.6 Å². The van der Waals surface area contributed by atoms with Crippen LogP contribution in [0.4, 0.5) is 0 Å². The van der Waals surface area contributed by atoms with Crippen molar-refractivity contribution >= 4 is 27.6 Å². The summed E-state index contributed by atoms with van der Waals surface area (Å²) in [5, 5.41) is 9.01. The number of aryl methyl sites for hydroxylation is 1. The van der Waals surface area contributed by atoms with E-state index in [4.69, 9.17) is 5.11 Å². The summed E-state index contributed by atoms with van der Waals surface area (Å²) >= 11 is 0. The van der Waals surface area contributed by atoms with Crippen LogP contribution in [0.5, 0.6) is 0 Å². The van der Waals surface area contributed by atoms with E-state index >= 15 is 0 Å². The Morgan fingerprint density at radius 3 is 2.33 bits per heavy atom. The number of hydrogen-bond donors (Lipinski definition) is 1. The Balaban J connectivity index is 2.04. The lowest BCUT2D eigenvalue weighted by Gasteiger charge is -2.31. The van der Waals surface area contributed by atoms with Gasteiger partial charge in [0.1, 0.15) is 0 Å².